The van der Waals surface area contributed by atoms with Crippen LogP contribution >= 0.6 is 23.1 Å². The average Bonchev–Trinajstić information content (AvgIpc) is 3.13. The van der Waals surface area contributed by atoms with Crippen LogP contribution in [0.5, 0.6) is 0 Å². The molecule has 1 unspecified atom stereocenters. The van der Waals surface area contributed by atoms with E-state index >= 15 is 0 Å². The van der Waals surface area contributed by atoms with Crippen LogP contribution in [0.25, 0.3) is 0 Å². The van der Waals surface area contributed by atoms with Gasteiger partial charge in [-0.3, -0.25) is 4.99 Å². The van der Waals surface area contributed by atoms with Crippen molar-refractivity contribution in [3.8, 4) is 0 Å². The average molecular weight is 370 g/mol. The largest absolute Gasteiger partial charge is 0.381 e. The summed E-state index contributed by atoms with van der Waals surface area (Å²) in [5.41, 5.74) is 1.39. The number of rotatable bonds is 8. The lowest BCUT2D eigenvalue weighted by Gasteiger charge is -2.35. The van der Waals surface area contributed by atoms with Crippen LogP contribution < -0.4 is 10.6 Å². The highest BCUT2D eigenvalue weighted by atomic mass is 32.2. The number of guanidine groups is 1. The second kappa shape index (κ2) is 10.3. The Morgan fingerprint density at radius 1 is 1.38 bits per heavy atom. The molecule has 2 rings (SSSR count). The van der Waals surface area contributed by atoms with E-state index in [1.807, 2.05) is 11.8 Å². The Kier molecular flexibility index (Phi) is 8.42. The molecule has 1 aliphatic rings. The molecular formula is C18H31N3OS2. The zero-order chi connectivity index (χ0) is 17.3. The fourth-order valence-corrected chi connectivity index (χ4v) is 4.89. The highest BCUT2D eigenvalue weighted by Crippen LogP contribution is 2.35. The number of aliphatic imine (C=N–C) groups is 1. The molecule has 2 heterocycles. The Hall–Kier alpha value is -0.720. The highest BCUT2D eigenvalue weighted by molar-refractivity contribution is 8.00. The maximum Gasteiger partial charge on any atom is 0.191 e. The first-order valence-corrected chi connectivity index (χ1v) is 10.9. The summed E-state index contributed by atoms with van der Waals surface area (Å²) in [5.74, 6) is 2.55. The maximum absolute atomic E-state index is 5.55. The van der Waals surface area contributed by atoms with E-state index in [4.69, 9.17) is 9.73 Å². The second-order valence-corrected chi connectivity index (χ2v) is 8.77. The first-order valence-electron chi connectivity index (χ1n) is 8.95. The number of thiophene rings is 1. The molecule has 24 heavy (non-hydrogen) atoms. The number of nitrogens with one attached hydrogen (secondary N) is 2. The fraction of sp³-hybridized carbons (Fsp3) is 0.722. The fourth-order valence-electron chi connectivity index (χ4n) is 2.89. The summed E-state index contributed by atoms with van der Waals surface area (Å²) < 4.78 is 5.80. The first-order chi connectivity index (χ1) is 11.7. The third kappa shape index (κ3) is 5.97. The minimum absolute atomic E-state index is 0.244. The molecular weight excluding hydrogens is 338 g/mol. The van der Waals surface area contributed by atoms with Gasteiger partial charge < -0.3 is 15.4 Å². The third-order valence-electron chi connectivity index (χ3n) is 4.41. The number of hydrogen-bond acceptors (Lipinski definition) is 4. The summed E-state index contributed by atoms with van der Waals surface area (Å²) in [6, 6.07) is 2.20. The van der Waals surface area contributed by atoms with E-state index in [-0.39, 0.29) is 4.75 Å². The van der Waals surface area contributed by atoms with Gasteiger partial charge in [0.2, 0.25) is 0 Å². The van der Waals surface area contributed by atoms with Crippen molar-refractivity contribution in [1.29, 1.82) is 0 Å². The molecule has 1 aliphatic heterocycles. The molecule has 6 heteroatoms. The number of hydrogen-bond donors (Lipinski definition) is 2. The van der Waals surface area contributed by atoms with Gasteiger partial charge in [0.15, 0.2) is 5.96 Å². The van der Waals surface area contributed by atoms with Gasteiger partial charge in [0, 0.05) is 31.1 Å². The van der Waals surface area contributed by atoms with E-state index < -0.39 is 0 Å². The molecule has 1 aromatic heterocycles. The second-order valence-electron chi connectivity index (χ2n) is 6.26. The van der Waals surface area contributed by atoms with Crippen LogP contribution in [0.15, 0.2) is 21.8 Å². The smallest absolute Gasteiger partial charge is 0.191 e. The summed E-state index contributed by atoms with van der Waals surface area (Å²) >= 11 is 3.80. The van der Waals surface area contributed by atoms with Crippen molar-refractivity contribution in [2.75, 3.05) is 38.6 Å². The van der Waals surface area contributed by atoms with Crippen molar-refractivity contribution in [3.63, 3.8) is 0 Å². The summed E-state index contributed by atoms with van der Waals surface area (Å²) in [6.45, 7) is 11.0. The Morgan fingerprint density at radius 2 is 2.17 bits per heavy atom. The van der Waals surface area contributed by atoms with Crippen molar-refractivity contribution < 1.29 is 4.74 Å². The molecule has 0 amide bonds. The van der Waals surface area contributed by atoms with E-state index in [9.17, 15) is 0 Å². The molecule has 0 spiro atoms. The summed E-state index contributed by atoms with van der Waals surface area (Å²) in [7, 11) is 0. The molecule has 1 atom stereocenters. The highest BCUT2D eigenvalue weighted by Gasteiger charge is 2.32. The molecule has 136 valence electrons. The van der Waals surface area contributed by atoms with Gasteiger partial charge in [0.05, 0.1) is 6.54 Å². The summed E-state index contributed by atoms with van der Waals surface area (Å²) in [5, 5.41) is 11.3. The number of thioether (sulfide) groups is 1. The van der Waals surface area contributed by atoms with Gasteiger partial charge in [0.1, 0.15) is 0 Å². The topological polar surface area (TPSA) is 45.7 Å². The first kappa shape index (κ1) is 19.6. The monoisotopic (exact) mass is 369 g/mol. The van der Waals surface area contributed by atoms with Crippen LogP contribution in [0.3, 0.4) is 0 Å². The summed E-state index contributed by atoms with van der Waals surface area (Å²) in [4.78, 5) is 4.90. The molecule has 1 fully saturated rings. The van der Waals surface area contributed by atoms with E-state index in [1.54, 1.807) is 11.3 Å². The van der Waals surface area contributed by atoms with Crippen molar-refractivity contribution >= 4 is 29.1 Å². The molecule has 2 N–H and O–H groups in total. The third-order valence-corrected chi connectivity index (χ3v) is 6.55. The lowest BCUT2D eigenvalue weighted by Crippen LogP contribution is -2.42. The molecule has 1 saturated heterocycles. The van der Waals surface area contributed by atoms with E-state index in [2.05, 4.69) is 48.2 Å². The van der Waals surface area contributed by atoms with Gasteiger partial charge in [-0.25, -0.2) is 0 Å². The van der Waals surface area contributed by atoms with Gasteiger partial charge in [-0.15, -0.1) is 0 Å². The summed E-state index contributed by atoms with van der Waals surface area (Å²) in [6.07, 6.45) is 2.19. The van der Waals surface area contributed by atoms with E-state index in [0.717, 1.165) is 57.4 Å². The van der Waals surface area contributed by atoms with Crippen LogP contribution in [0.1, 0.15) is 45.1 Å². The molecule has 0 aromatic carbocycles. The Balaban J connectivity index is 1.93. The molecule has 0 radical (unpaired) electrons. The quantitative estimate of drug-likeness (QED) is 0.542. The number of ether oxygens (including phenoxy) is 1. The van der Waals surface area contributed by atoms with Crippen molar-refractivity contribution in [2.45, 2.75) is 44.3 Å². The standard InChI is InChI=1S/C18H31N3OS2/c1-4-19-17(20-12-15(3)16-6-11-23-13-16)21-14-18(24-5-2)7-9-22-10-8-18/h6,11,13,15H,4-5,7-10,12,14H2,1-3H3,(H2,19,20,21). The van der Waals surface area contributed by atoms with E-state index in [0.29, 0.717) is 5.92 Å². The minimum Gasteiger partial charge on any atom is -0.381 e. The Labute approximate surface area is 154 Å². The minimum atomic E-state index is 0.244. The molecule has 1 aromatic rings. The van der Waals surface area contributed by atoms with Gasteiger partial charge in [-0.05, 0) is 53.8 Å². The van der Waals surface area contributed by atoms with Crippen molar-refractivity contribution in [1.82, 2.24) is 10.6 Å². The zero-order valence-corrected chi connectivity index (χ0v) is 16.8. The zero-order valence-electron chi connectivity index (χ0n) is 15.1. The van der Waals surface area contributed by atoms with Crippen LogP contribution in [0.4, 0.5) is 0 Å². The van der Waals surface area contributed by atoms with E-state index in [1.165, 1.54) is 5.56 Å². The lowest BCUT2D eigenvalue weighted by atomic mass is 9.99. The normalized spacial score (nSPS) is 19.0. The van der Waals surface area contributed by atoms with Gasteiger partial charge in [0.25, 0.3) is 0 Å². The Bertz CT molecular complexity index is 479. The lowest BCUT2D eigenvalue weighted by molar-refractivity contribution is 0.0793. The molecule has 0 saturated carbocycles. The van der Waals surface area contributed by atoms with Crippen molar-refractivity contribution in [3.05, 3.63) is 22.4 Å². The SMILES string of the molecule is CCNC(=NCC1(SCC)CCOCC1)NCC(C)c1ccsc1. The molecule has 0 bridgehead atoms. The van der Waals surface area contributed by atoms with Crippen LogP contribution in [-0.2, 0) is 4.74 Å². The van der Waals surface area contributed by atoms with Gasteiger partial charge in [-0.2, -0.15) is 23.1 Å². The predicted octanol–water partition coefficient (Wildman–Crippen LogP) is 3.71. The van der Waals surface area contributed by atoms with Crippen molar-refractivity contribution in [2.24, 2.45) is 4.99 Å². The van der Waals surface area contributed by atoms with Crippen LogP contribution in [-0.4, -0.2) is 49.3 Å². The predicted molar refractivity (Wildman–Crippen MR) is 108 cm³/mol. The molecule has 4 nitrogen and oxygen atoms in total. The van der Waals surface area contributed by atoms with Gasteiger partial charge >= 0.3 is 0 Å². The Morgan fingerprint density at radius 3 is 2.79 bits per heavy atom. The number of nitrogens with zero attached hydrogens (tertiary/aromatic N) is 1. The molecule has 0 aliphatic carbocycles. The van der Waals surface area contributed by atoms with Crippen LogP contribution in [0.2, 0.25) is 0 Å². The van der Waals surface area contributed by atoms with Gasteiger partial charge in [-0.1, -0.05) is 13.8 Å². The van der Waals surface area contributed by atoms with Crippen LogP contribution in [0, 0.1) is 0 Å². The maximum atomic E-state index is 5.55.